The van der Waals surface area contributed by atoms with Crippen LogP contribution in [0.2, 0.25) is 0 Å². The fourth-order valence-corrected chi connectivity index (χ4v) is 17.0. The number of carbonyl (C=O) groups is 4. The van der Waals surface area contributed by atoms with Crippen molar-refractivity contribution >= 4 is 90.5 Å². The fraction of sp³-hybridized carbons (Fsp3) is 0.512. The van der Waals surface area contributed by atoms with E-state index in [2.05, 4.69) is 128 Å². The number of carbonyl (C=O) groups excluding carboxylic acids is 4. The van der Waals surface area contributed by atoms with E-state index in [1.54, 1.807) is 40.5 Å². The van der Waals surface area contributed by atoms with Crippen LogP contribution in [0.3, 0.4) is 0 Å². The van der Waals surface area contributed by atoms with E-state index >= 15 is 0 Å². The minimum atomic E-state index is -1.13. The highest BCUT2D eigenvalue weighted by Gasteiger charge is 2.54. The van der Waals surface area contributed by atoms with Crippen LogP contribution in [-0.4, -0.2) is 196 Å². The Kier molecular flexibility index (Phi) is 22.3. The van der Waals surface area contributed by atoms with Crippen LogP contribution >= 0.6 is 0 Å². The fourth-order valence-electron chi connectivity index (χ4n) is 17.0. The van der Waals surface area contributed by atoms with Crippen molar-refractivity contribution < 1.29 is 37.4 Å². The lowest BCUT2D eigenvalue weighted by atomic mass is 9.98. The van der Waals surface area contributed by atoms with E-state index in [-0.39, 0.29) is 83.8 Å². The molecule has 564 valence electrons. The molecule has 22 nitrogen and oxygen atoms in total. The normalized spacial score (nSPS) is 29.3. The van der Waals surface area contributed by atoms with Gasteiger partial charge in [0.15, 0.2) is 0 Å². The average molecular weight is 1450 g/mol. The smallest absolute Gasteiger partial charge is 0.246 e. The highest BCUT2D eigenvalue weighted by Crippen LogP contribution is 2.58. The molecule has 4 aliphatic carbocycles. The van der Waals surface area contributed by atoms with Crippen molar-refractivity contribution in [1.82, 2.24) is 59.5 Å². The van der Waals surface area contributed by atoms with Crippen molar-refractivity contribution in [2.75, 3.05) is 74.9 Å². The quantitative estimate of drug-likeness (QED) is 0.0330. The van der Waals surface area contributed by atoms with Crippen molar-refractivity contribution in [3.63, 3.8) is 0 Å². The van der Waals surface area contributed by atoms with Crippen molar-refractivity contribution in [2.45, 2.75) is 202 Å². The van der Waals surface area contributed by atoms with Crippen molar-refractivity contribution in [1.29, 1.82) is 0 Å². The number of methoxy groups -OCH3 is 2. The van der Waals surface area contributed by atoms with Crippen LogP contribution in [0.15, 0.2) is 124 Å². The molecule has 4 aliphatic heterocycles. The van der Waals surface area contributed by atoms with Gasteiger partial charge < -0.3 is 70.3 Å². The number of hydrogen-bond donors (Lipinski definition) is 8. The van der Waals surface area contributed by atoms with Gasteiger partial charge in [0, 0.05) is 208 Å². The van der Waals surface area contributed by atoms with E-state index in [1.165, 1.54) is 46.2 Å². The standard InChI is InChI=1S/2C21H28N4O2.2C20H25FN4O/c2*1-4-19(26)25-11-15(6-5-13(25)2)24-18-7-8-22-21-20(18)17(10-23-21)16-9-14(16)12-27-3;2*1-4-17(26)25-11-13(6-5-12(25)2)24-16-7-8-22-19-18(16)14(10-23-19)15-9-20(15,3)21/h2*4,7-8,10,13-16H,1,5-6,9,11-12H2,2-3H3,(H2,22,23,24);2*4,7-8,10,12-13,15H,1,5-6,9,11H2,2-3H3,(H2,22,23,24)/t13-,14?,15+,16?;13-,14+,15+,16-;12-,13+,15+,20?;12-,13+,15-,20?/m0000/s1. The third-order valence-electron chi connectivity index (χ3n) is 23.7. The Labute approximate surface area is 619 Å². The number of halogens is 2. The molecule has 0 spiro atoms. The molecule has 0 radical (unpaired) electrons. The third kappa shape index (κ3) is 16.1. The van der Waals surface area contributed by atoms with Gasteiger partial charge in [0.1, 0.15) is 33.9 Å². The number of nitrogens with one attached hydrogen (secondary N) is 8. The first-order chi connectivity index (χ1) is 51.0. The second-order valence-corrected chi connectivity index (χ2v) is 31.3. The molecule has 0 aromatic carbocycles. The number of pyridine rings is 4. The van der Waals surface area contributed by atoms with Gasteiger partial charge in [-0.25, -0.2) is 28.7 Å². The molecule has 16 atom stereocenters. The Balaban J connectivity index is 0.000000125. The van der Waals surface area contributed by atoms with Gasteiger partial charge in [-0.2, -0.15) is 0 Å². The molecule has 4 unspecified atom stereocenters. The summed E-state index contributed by atoms with van der Waals surface area (Å²) in [7, 11) is 3.53. The van der Waals surface area contributed by atoms with Crippen molar-refractivity contribution in [3.8, 4) is 0 Å². The summed E-state index contributed by atoms with van der Waals surface area (Å²) in [5, 5.41) is 18.8. The maximum absolute atomic E-state index is 14.3. The number of anilines is 4. The number of rotatable bonds is 20. The predicted molar refractivity (Wildman–Crippen MR) is 416 cm³/mol. The molecule has 4 saturated heterocycles. The topological polar surface area (TPSA) is 263 Å². The average Bonchev–Trinajstić information content (AvgIpc) is 1.57. The third-order valence-corrected chi connectivity index (χ3v) is 23.7. The number of piperidine rings is 4. The van der Waals surface area contributed by atoms with Crippen molar-refractivity contribution in [3.05, 3.63) is 147 Å². The van der Waals surface area contributed by atoms with Crippen molar-refractivity contribution in [2.24, 2.45) is 11.8 Å². The SMILES string of the molecule is C=CC(=O)N1C[C@H](Nc2ccnc3[nH]cc(C4CC4COC)c23)CC[C@@H]1C.C=CC(=O)N1C[C@H](Nc2ccnc3[nH]cc([C@@H]4CC4(C)F)c23)CC[C@@H]1C.C=CC(=O)N1C[C@H](Nc2ccnc3[nH]cc([C@H]4CC4(C)F)c23)CC[C@@H]1C.C=CC(=O)N1C[C@H](Nc2ccnc3[nH]cc([C@H]4C[C@@H]4COC)c23)CC[C@@H]1C. The molecule has 8 N–H and O–H groups in total. The van der Waals surface area contributed by atoms with Gasteiger partial charge in [0.05, 0.1) is 0 Å². The van der Waals surface area contributed by atoms with Crippen LogP contribution in [0.4, 0.5) is 31.5 Å². The number of nitrogens with zero attached hydrogens (tertiary/aromatic N) is 8. The molecular formula is C82H106F2N16O6. The second kappa shape index (κ2) is 31.6. The van der Waals surface area contributed by atoms with Gasteiger partial charge in [-0.15, -0.1) is 0 Å². The summed E-state index contributed by atoms with van der Waals surface area (Å²) in [6.45, 7) is 30.4. The maximum Gasteiger partial charge on any atom is 0.246 e. The summed E-state index contributed by atoms with van der Waals surface area (Å²) in [5.74, 6) is 2.07. The van der Waals surface area contributed by atoms with Crippen LogP contribution in [0.5, 0.6) is 0 Å². The number of aromatic nitrogens is 8. The van der Waals surface area contributed by atoms with E-state index in [0.717, 1.165) is 145 Å². The Hall–Kier alpha value is -9.42. The lowest BCUT2D eigenvalue weighted by Crippen LogP contribution is -2.49. The number of hydrogen-bond acceptors (Lipinski definition) is 14. The van der Waals surface area contributed by atoms with E-state index in [1.807, 2.05) is 68.7 Å². The molecule has 8 aromatic heterocycles. The number of H-pyrrole nitrogens is 4. The largest absolute Gasteiger partial charge is 0.384 e. The molecule has 12 heterocycles. The first-order valence-electron chi connectivity index (χ1n) is 38.0. The Morgan fingerprint density at radius 3 is 0.934 bits per heavy atom. The summed E-state index contributed by atoms with van der Waals surface area (Å²) < 4.78 is 39.2. The van der Waals surface area contributed by atoms with Gasteiger partial charge in [-0.1, -0.05) is 26.3 Å². The van der Waals surface area contributed by atoms with Gasteiger partial charge in [-0.3, -0.25) is 19.2 Å². The molecule has 8 aliphatic rings. The number of aromatic amines is 4. The highest BCUT2D eigenvalue weighted by molar-refractivity contribution is 5.97. The molecule has 4 saturated carbocycles. The van der Waals surface area contributed by atoms with Crippen LogP contribution in [0.25, 0.3) is 44.1 Å². The molecular weight excluding hydrogens is 1340 g/mol. The number of likely N-dealkylation sites (tertiary alicyclic amines) is 4. The lowest BCUT2D eigenvalue weighted by Gasteiger charge is -2.38. The van der Waals surface area contributed by atoms with E-state index in [0.29, 0.717) is 62.7 Å². The molecule has 24 heteroatoms. The Morgan fingerprint density at radius 2 is 0.698 bits per heavy atom. The van der Waals surface area contributed by atoms with Gasteiger partial charge in [-0.05, 0) is 213 Å². The molecule has 16 rings (SSSR count). The van der Waals surface area contributed by atoms with E-state index in [4.69, 9.17) is 9.47 Å². The summed E-state index contributed by atoms with van der Waals surface area (Å²) in [4.78, 5) is 86.8. The van der Waals surface area contributed by atoms with Gasteiger partial charge in [0.25, 0.3) is 0 Å². The maximum atomic E-state index is 14.3. The minimum absolute atomic E-state index is 0.0107. The molecule has 0 bridgehead atoms. The van der Waals surface area contributed by atoms with Crippen LogP contribution in [0.1, 0.15) is 165 Å². The van der Waals surface area contributed by atoms with Crippen LogP contribution in [-0.2, 0) is 28.7 Å². The first-order valence-corrected chi connectivity index (χ1v) is 38.0. The van der Waals surface area contributed by atoms with Crippen LogP contribution < -0.4 is 21.3 Å². The number of alkyl halides is 2. The summed E-state index contributed by atoms with van der Waals surface area (Å²) in [6, 6.07) is 9.69. The first kappa shape index (κ1) is 74.8. The van der Waals surface area contributed by atoms with Gasteiger partial charge >= 0.3 is 0 Å². The monoisotopic (exact) mass is 1450 g/mol. The number of ether oxygens (including phenoxy) is 2. The van der Waals surface area contributed by atoms with Crippen LogP contribution in [0, 0.1) is 11.8 Å². The summed E-state index contributed by atoms with van der Waals surface area (Å²) in [5.41, 5.74) is 9.87. The number of amides is 4. The summed E-state index contributed by atoms with van der Waals surface area (Å²) in [6.07, 6.45) is 32.1. The molecule has 106 heavy (non-hydrogen) atoms. The number of fused-ring (bicyclic) bond motifs is 4. The zero-order valence-electron chi connectivity index (χ0n) is 62.7. The molecule has 4 amide bonds. The molecule has 8 aromatic rings. The summed E-state index contributed by atoms with van der Waals surface area (Å²) >= 11 is 0. The zero-order chi connectivity index (χ0) is 74.9. The second-order valence-electron chi connectivity index (χ2n) is 31.3. The van der Waals surface area contributed by atoms with E-state index in [9.17, 15) is 28.0 Å². The Morgan fingerprint density at radius 1 is 0.453 bits per heavy atom. The highest BCUT2D eigenvalue weighted by atomic mass is 19.1. The zero-order valence-corrected chi connectivity index (χ0v) is 62.7. The van der Waals surface area contributed by atoms with E-state index < -0.39 is 11.3 Å². The minimum Gasteiger partial charge on any atom is -0.384 e. The molecule has 8 fully saturated rings. The van der Waals surface area contributed by atoms with Gasteiger partial charge in [0.2, 0.25) is 23.6 Å². The lowest BCUT2D eigenvalue weighted by molar-refractivity contribution is -0.130. The Bertz CT molecular complexity index is 4260. The predicted octanol–water partition coefficient (Wildman–Crippen LogP) is 14.1.